The molecule has 0 spiro atoms. The lowest BCUT2D eigenvalue weighted by atomic mass is 10.3. The molecule has 0 saturated carbocycles. The number of methoxy groups -OCH3 is 1. The lowest BCUT2D eigenvalue weighted by Crippen LogP contribution is -2.42. The van der Waals surface area contributed by atoms with Gasteiger partial charge in [-0.2, -0.15) is 0 Å². The van der Waals surface area contributed by atoms with Gasteiger partial charge in [0.2, 0.25) is 5.91 Å². The Morgan fingerprint density at radius 3 is 2.81 bits per heavy atom. The molecule has 0 atom stereocenters. The maximum absolute atomic E-state index is 12.9. The molecule has 0 aliphatic carbocycles. The van der Waals surface area contributed by atoms with E-state index in [1.165, 1.54) is 16.6 Å². The molecule has 1 heterocycles. The first kappa shape index (κ1) is 25.3. The van der Waals surface area contributed by atoms with Crippen molar-refractivity contribution in [3.8, 4) is 0 Å². The molecule has 32 heavy (non-hydrogen) atoms. The predicted octanol–water partition coefficient (Wildman–Crippen LogP) is 2.29. The van der Waals surface area contributed by atoms with Gasteiger partial charge in [-0.25, -0.2) is 4.79 Å². The number of ether oxygens (including phenoxy) is 1. The number of aromatic amines is 1. The molecular weight excluding hydrogens is 430 g/mol. The van der Waals surface area contributed by atoms with E-state index in [0.29, 0.717) is 18.0 Å². The number of benzene rings is 1. The van der Waals surface area contributed by atoms with Crippen LogP contribution in [-0.2, 0) is 16.1 Å². The minimum absolute atomic E-state index is 0.0399. The molecule has 0 bridgehead atoms. The van der Waals surface area contributed by atoms with E-state index < -0.39 is 11.2 Å². The van der Waals surface area contributed by atoms with Crippen molar-refractivity contribution in [3.05, 3.63) is 57.8 Å². The number of H-pyrrole nitrogens is 1. The zero-order chi connectivity index (χ0) is 23.5. The summed E-state index contributed by atoms with van der Waals surface area (Å²) < 4.78 is 6.48. The van der Waals surface area contributed by atoms with Gasteiger partial charge in [0.15, 0.2) is 0 Å². The Kier molecular flexibility index (Phi) is 10.1. The van der Waals surface area contributed by atoms with E-state index in [0.717, 1.165) is 17.7 Å². The van der Waals surface area contributed by atoms with E-state index in [1.807, 2.05) is 31.2 Å². The van der Waals surface area contributed by atoms with Crippen molar-refractivity contribution in [3.63, 3.8) is 0 Å². The highest BCUT2D eigenvalue weighted by Gasteiger charge is 2.21. The summed E-state index contributed by atoms with van der Waals surface area (Å²) in [4.78, 5) is 42.5. The van der Waals surface area contributed by atoms with Crippen LogP contribution in [0.5, 0.6) is 0 Å². The number of hydrogen-bond donors (Lipinski definition) is 3. The third-order valence-corrected chi connectivity index (χ3v) is 5.75. The van der Waals surface area contributed by atoms with Crippen LogP contribution < -0.4 is 27.2 Å². The molecule has 0 aliphatic heterocycles. The number of nitrogens with two attached hydrogens (primary N) is 1. The largest absolute Gasteiger partial charge is 0.383 e. The smallest absolute Gasteiger partial charge is 0.330 e. The zero-order valence-corrected chi connectivity index (χ0v) is 19.4. The van der Waals surface area contributed by atoms with Crippen molar-refractivity contribution in [2.45, 2.75) is 31.2 Å². The summed E-state index contributed by atoms with van der Waals surface area (Å²) in [6.07, 6.45) is 3.38. The van der Waals surface area contributed by atoms with Gasteiger partial charge >= 0.3 is 5.69 Å². The lowest BCUT2D eigenvalue weighted by molar-refractivity contribution is -0.115. The summed E-state index contributed by atoms with van der Waals surface area (Å²) in [6.45, 7) is 6.47. The van der Waals surface area contributed by atoms with Gasteiger partial charge in [0.1, 0.15) is 11.5 Å². The van der Waals surface area contributed by atoms with Crippen molar-refractivity contribution in [2.75, 3.05) is 48.5 Å². The minimum Gasteiger partial charge on any atom is -0.383 e. The van der Waals surface area contributed by atoms with Gasteiger partial charge < -0.3 is 20.7 Å². The summed E-state index contributed by atoms with van der Waals surface area (Å²) in [5, 5.41) is 2.90. The van der Waals surface area contributed by atoms with Crippen LogP contribution >= 0.6 is 11.8 Å². The van der Waals surface area contributed by atoms with E-state index in [9.17, 15) is 14.4 Å². The normalized spacial score (nSPS) is 10.7. The highest BCUT2D eigenvalue weighted by atomic mass is 32.2. The monoisotopic (exact) mass is 461 g/mol. The molecule has 9 nitrogen and oxygen atoms in total. The van der Waals surface area contributed by atoms with Crippen LogP contribution in [0.4, 0.5) is 17.2 Å². The molecule has 2 rings (SSSR count). The molecule has 1 amide bonds. The molecule has 4 N–H and O–H groups in total. The number of rotatable bonds is 13. The quantitative estimate of drug-likeness (QED) is 0.309. The Morgan fingerprint density at radius 1 is 1.38 bits per heavy atom. The van der Waals surface area contributed by atoms with Crippen LogP contribution in [-0.4, -0.2) is 48.0 Å². The first-order valence-electron chi connectivity index (χ1n) is 10.4. The molecule has 0 saturated heterocycles. The van der Waals surface area contributed by atoms with Crippen LogP contribution in [0.25, 0.3) is 0 Å². The number of thioether (sulfide) groups is 1. The molecular formula is C22H31N5O4S. The van der Waals surface area contributed by atoms with Gasteiger partial charge in [-0.15, -0.1) is 18.3 Å². The fraction of sp³-hybridized carbons (Fsp3) is 0.409. The maximum atomic E-state index is 12.9. The van der Waals surface area contributed by atoms with Gasteiger partial charge in [-0.05, 0) is 18.6 Å². The number of nitrogens with zero attached hydrogens (tertiary/aromatic N) is 2. The Labute approximate surface area is 191 Å². The third-order valence-electron chi connectivity index (χ3n) is 4.68. The van der Waals surface area contributed by atoms with Crippen molar-refractivity contribution in [1.82, 2.24) is 9.55 Å². The van der Waals surface area contributed by atoms with Gasteiger partial charge in [0.05, 0.1) is 18.8 Å². The number of carbonyl (C=O) groups excluding carboxylic acids is 1. The van der Waals surface area contributed by atoms with E-state index >= 15 is 0 Å². The summed E-state index contributed by atoms with van der Waals surface area (Å²) in [5.41, 5.74) is 5.78. The SMILES string of the molecule is C=CCSc1ccccc1NC(=O)CN(CCOC)c1c(N)n(CCCC)c(=O)[nH]c1=O. The summed E-state index contributed by atoms with van der Waals surface area (Å²) in [7, 11) is 1.53. The Bertz CT molecular complexity index is 1030. The molecule has 10 heteroatoms. The summed E-state index contributed by atoms with van der Waals surface area (Å²) >= 11 is 1.55. The molecule has 2 aromatic rings. The average molecular weight is 462 g/mol. The highest BCUT2D eigenvalue weighted by molar-refractivity contribution is 7.99. The predicted molar refractivity (Wildman–Crippen MR) is 131 cm³/mol. The number of anilines is 3. The van der Waals surface area contributed by atoms with Gasteiger partial charge in [0, 0.05) is 30.8 Å². The molecule has 0 aliphatic rings. The number of carbonyl (C=O) groups is 1. The first-order chi connectivity index (χ1) is 15.4. The molecule has 0 unspecified atom stereocenters. The molecule has 0 radical (unpaired) electrons. The van der Waals surface area contributed by atoms with E-state index in [4.69, 9.17) is 10.5 Å². The fourth-order valence-corrected chi connectivity index (χ4v) is 3.85. The van der Waals surface area contributed by atoms with Gasteiger partial charge in [-0.1, -0.05) is 31.6 Å². The number of hydrogen-bond acceptors (Lipinski definition) is 7. The van der Waals surface area contributed by atoms with Crippen LogP contribution in [0.1, 0.15) is 19.8 Å². The van der Waals surface area contributed by atoms with E-state index in [1.54, 1.807) is 17.8 Å². The van der Waals surface area contributed by atoms with Gasteiger partial charge in [0.25, 0.3) is 5.56 Å². The molecule has 1 aromatic carbocycles. The summed E-state index contributed by atoms with van der Waals surface area (Å²) in [6, 6.07) is 7.46. The Balaban J connectivity index is 2.32. The number of nitrogens with one attached hydrogen (secondary N) is 2. The standard InChI is InChI=1S/C22H31N5O4S/c1-4-6-11-27-20(23)19(21(29)25-22(27)30)26(12-13-31-3)15-18(28)24-16-9-7-8-10-17(16)32-14-5-2/h5,7-10H,2,4,6,11-15,23H2,1,3H3,(H,24,28)(H,25,29,30). The zero-order valence-electron chi connectivity index (χ0n) is 18.6. The lowest BCUT2D eigenvalue weighted by Gasteiger charge is -2.25. The Hall–Kier alpha value is -2.98. The second-order valence-corrected chi connectivity index (χ2v) is 8.12. The van der Waals surface area contributed by atoms with Crippen LogP contribution in [0.3, 0.4) is 0 Å². The van der Waals surface area contributed by atoms with Crippen LogP contribution in [0.2, 0.25) is 0 Å². The van der Waals surface area contributed by atoms with Crippen molar-refractivity contribution in [2.24, 2.45) is 0 Å². The number of nitrogen functional groups attached to an aromatic ring is 1. The number of aromatic nitrogens is 2. The van der Waals surface area contributed by atoms with E-state index in [-0.39, 0.29) is 37.1 Å². The van der Waals surface area contributed by atoms with Crippen molar-refractivity contribution >= 4 is 34.9 Å². The fourth-order valence-electron chi connectivity index (χ4n) is 3.10. The maximum Gasteiger partial charge on any atom is 0.330 e. The van der Waals surface area contributed by atoms with E-state index in [2.05, 4.69) is 16.9 Å². The molecule has 0 fully saturated rings. The van der Waals surface area contributed by atoms with Crippen molar-refractivity contribution < 1.29 is 9.53 Å². The second kappa shape index (κ2) is 12.8. The van der Waals surface area contributed by atoms with Crippen LogP contribution in [0.15, 0.2) is 51.4 Å². The average Bonchev–Trinajstić information content (AvgIpc) is 2.76. The van der Waals surface area contributed by atoms with Crippen molar-refractivity contribution in [1.29, 1.82) is 0 Å². The number of unbranched alkanes of at least 4 members (excludes halogenated alkanes) is 1. The highest BCUT2D eigenvalue weighted by Crippen LogP contribution is 2.27. The molecule has 1 aromatic heterocycles. The van der Waals surface area contributed by atoms with Crippen LogP contribution in [0, 0.1) is 0 Å². The third kappa shape index (κ3) is 6.76. The topological polar surface area (TPSA) is 122 Å². The Morgan fingerprint density at radius 2 is 2.12 bits per heavy atom. The summed E-state index contributed by atoms with van der Waals surface area (Å²) in [5.74, 6) is 0.425. The molecule has 174 valence electrons. The number of para-hydroxylation sites is 1. The van der Waals surface area contributed by atoms with Gasteiger partial charge in [-0.3, -0.25) is 19.1 Å². The first-order valence-corrected chi connectivity index (χ1v) is 11.4. The number of amides is 1. The minimum atomic E-state index is -0.633. The second-order valence-electron chi connectivity index (χ2n) is 7.06.